The fraction of sp³-hybridized carbons (Fsp3) is 1.00. The Morgan fingerprint density at radius 3 is 2.50 bits per heavy atom. The zero-order valence-corrected chi connectivity index (χ0v) is 8.90. The lowest BCUT2D eigenvalue weighted by molar-refractivity contribution is -0.304. The molecule has 0 heterocycles. The summed E-state index contributed by atoms with van der Waals surface area (Å²) in [5.41, 5.74) is 0. The van der Waals surface area contributed by atoms with Gasteiger partial charge in [-0.3, -0.25) is 5.26 Å². The van der Waals surface area contributed by atoms with Gasteiger partial charge in [-0.25, -0.2) is 14.7 Å². The molecule has 0 saturated heterocycles. The largest absolute Gasteiger partial charge is 0.376 e. The quantitative estimate of drug-likeness (QED) is 0.336. The van der Waals surface area contributed by atoms with Crippen LogP contribution in [0.1, 0.15) is 26.7 Å². The molecule has 0 fully saturated rings. The van der Waals surface area contributed by atoms with Crippen LogP contribution in [-0.2, 0) is 19.4 Å². The molecule has 1 N–H and O–H groups in total. The second-order valence-electron chi connectivity index (χ2n) is 2.99. The molecule has 0 amide bonds. The van der Waals surface area contributed by atoms with E-state index >= 15 is 0 Å². The molecule has 5 nitrogen and oxygen atoms in total. The molecule has 0 spiro atoms. The number of hydrogen-bond donors (Lipinski definition) is 1. The first-order valence-corrected chi connectivity index (χ1v) is 4.93. The van der Waals surface area contributed by atoms with E-state index in [2.05, 4.69) is 11.8 Å². The van der Waals surface area contributed by atoms with Crippen molar-refractivity contribution in [2.24, 2.45) is 0 Å². The van der Waals surface area contributed by atoms with Crippen LogP contribution in [0.3, 0.4) is 0 Å². The highest BCUT2D eigenvalue weighted by Crippen LogP contribution is 1.91. The molecule has 5 heteroatoms. The molecule has 0 aliphatic heterocycles. The molecule has 0 aromatic carbocycles. The van der Waals surface area contributed by atoms with Crippen LogP contribution in [0, 0.1) is 0 Å². The summed E-state index contributed by atoms with van der Waals surface area (Å²) >= 11 is 0. The Morgan fingerprint density at radius 1 is 1.14 bits per heavy atom. The summed E-state index contributed by atoms with van der Waals surface area (Å²) in [6.07, 6.45) is 1.78. The van der Waals surface area contributed by atoms with Crippen molar-refractivity contribution >= 4 is 0 Å². The second-order valence-corrected chi connectivity index (χ2v) is 2.99. The fourth-order valence-electron chi connectivity index (χ4n) is 0.694. The predicted molar refractivity (Wildman–Crippen MR) is 50.8 cm³/mol. The van der Waals surface area contributed by atoms with Crippen molar-refractivity contribution in [1.29, 1.82) is 0 Å². The zero-order chi connectivity index (χ0) is 10.6. The van der Waals surface area contributed by atoms with Crippen molar-refractivity contribution in [3.05, 3.63) is 0 Å². The number of hydrogen-bond acceptors (Lipinski definition) is 5. The van der Waals surface area contributed by atoms with Crippen LogP contribution in [0.5, 0.6) is 0 Å². The van der Waals surface area contributed by atoms with Gasteiger partial charge in [0, 0.05) is 0 Å². The zero-order valence-electron chi connectivity index (χ0n) is 8.90. The van der Waals surface area contributed by atoms with E-state index in [1.165, 1.54) is 0 Å². The summed E-state index contributed by atoms with van der Waals surface area (Å²) in [6, 6.07) is 0. The molecule has 0 radical (unpaired) electrons. The molecule has 0 aromatic rings. The summed E-state index contributed by atoms with van der Waals surface area (Å²) in [5.74, 6) is 0. The third kappa shape index (κ3) is 9.88. The highest BCUT2D eigenvalue weighted by atomic mass is 17.2. The Balaban J connectivity index is 2.92. The maximum Gasteiger partial charge on any atom is 0.113 e. The minimum Gasteiger partial charge on any atom is -0.376 e. The van der Waals surface area contributed by atoms with Crippen LogP contribution >= 0.6 is 0 Å². The fourth-order valence-corrected chi connectivity index (χ4v) is 0.694. The van der Waals surface area contributed by atoms with Crippen LogP contribution in [-0.4, -0.2) is 37.8 Å². The van der Waals surface area contributed by atoms with Crippen LogP contribution in [0.4, 0.5) is 0 Å². The maximum absolute atomic E-state index is 8.20. The molecular weight excluding hydrogens is 188 g/mol. The van der Waals surface area contributed by atoms with Gasteiger partial charge in [0.1, 0.15) is 12.7 Å². The molecule has 14 heavy (non-hydrogen) atoms. The summed E-state index contributed by atoms with van der Waals surface area (Å²) in [5, 5.41) is 8.20. The number of unbranched alkanes of at least 4 members (excludes halogenated alkanes) is 1. The maximum atomic E-state index is 8.20. The summed E-state index contributed by atoms with van der Waals surface area (Å²) in [4.78, 5) is 13.7. The Bertz CT molecular complexity index is 109. The Hall–Kier alpha value is -0.200. The summed E-state index contributed by atoms with van der Waals surface area (Å²) in [6.45, 7) is 5.57. The third-order valence-electron chi connectivity index (χ3n) is 1.51. The van der Waals surface area contributed by atoms with E-state index in [0.717, 1.165) is 12.8 Å². The van der Waals surface area contributed by atoms with Crippen molar-refractivity contribution in [1.82, 2.24) is 0 Å². The van der Waals surface area contributed by atoms with Gasteiger partial charge >= 0.3 is 0 Å². The second kappa shape index (κ2) is 10.9. The minimum atomic E-state index is -0.309. The average molecular weight is 208 g/mol. The van der Waals surface area contributed by atoms with Gasteiger partial charge in [-0.05, 0) is 13.3 Å². The van der Waals surface area contributed by atoms with Crippen molar-refractivity contribution in [2.45, 2.75) is 32.8 Å². The van der Waals surface area contributed by atoms with E-state index in [0.29, 0.717) is 26.4 Å². The molecule has 0 bridgehead atoms. The van der Waals surface area contributed by atoms with E-state index in [4.69, 9.17) is 19.8 Å². The monoisotopic (exact) mass is 208 g/mol. The van der Waals surface area contributed by atoms with Crippen molar-refractivity contribution < 1.29 is 24.7 Å². The number of rotatable bonds is 10. The Labute approximate surface area is 84.8 Å². The lowest BCUT2D eigenvalue weighted by Gasteiger charge is -2.08. The number of ether oxygens (including phenoxy) is 1. The molecule has 1 unspecified atom stereocenters. The van der Waals surface area contributed by atoms with Gasteiger partial charge in [0.15, 0.2) is 0 Å². The molecular formula is C9H20O5. The lowest BCUT2D eigenvalue weighted by atomic mass is 10.4. The highest BCUT2D eigenvalue weighted by molar-refractivity contribution is 4.42. The van der Waals surface area contributed by atoms with Crippen LogP contribution < -0.4 is 0 Å². The van der Waals surface area contributed by atoms with Gasteiger partial charge < -0.3 is 4.74 Å². The Kier molecular flexibility index (Phi) is 10.7. The molecule has 0 aliphatic rings. The first-order valence-electron chi connectivity index (χ1n) is 4.93. The van der Waals surface area contributed by atoms with E-state index < -0.39 is 0 Å². The molecule has 1 atom stereocenters. The van der Waals surface area contributed by atoms with Crippen molar-refractivity contribution in [3.63, 3.8) is 0 Å². The normalized spacial score (nSPS) is 13.1. The van der Waals surface area contributed by atoms with E-state index in [-0.39, 0.29) is 6.10 Å². The Morgan fingerprint density at radius 2 is 1.86 bits per heavy atom. The average Bonchev–Trinajstić information content (AvgIpc) is 2.21. The van der Waals surface area contributed by atoms with Gasteiger partial charge in [-0.15, -0.1) is 0 Å². The molecule has 0 aliphatic carbocycles. The van der Waals surface area contributed by atoms with Gasteiger partial charge in [-0.2, -0.15) is 0 Å². The van der Waals surface area contributed by atoms with Crippen molar-refractivity contribution in [2.75, 3.05) is 26.4 Å². The molecule has 0 rings (SSSR count). The van der Waals surface area contributed by atoms with Gasteiger partial charge in [0.25, 0.3) is 0 Å². The van der Waals surface area contributed by atoms with Crippen LogP contribution in [0.25, 0.3) is 0 Å². The van der Waals surface area contributed by atoms with Crippen LogP contribution in [0.2, 0.25) is 0 Å². The van der Waals surface area contributed by atoms with E-state index in [9.17, 15) is 0 Å². The highest BCUT2D eigenvalue weighted by Gasteiger charge is 2.00. The standard InChI is InChI=1S/C9H20O5/c1-3-4-5-12-13-7-6-11-8-9(2)14-10/h9-10H,3-8H2,1-2H3. The van der Waals surface area contributed by atoms with Gasteiger partial charge in [0.05, 0.1) is 19.8 Å². The lowest BCUT2D eigenvalue weighted by Crippen LogP contribution is -2.16. The first kappa shape index (κ1) is 13.8. The molecule has 0 saturated carbocycles. The smallest absolute Gasteiger partial charge is 0.113 e. The van der Waals surface area contributed by atoms with Crippen LogP contribution in [0.15, 0.2) is 0 Å². The molecule has 0 aromatic heterocycles. The SMILES string of the molecule is CCCCOOCCOCC(C)OO. The van der Waals surface area contributed by atoms with Gasteiger partial charge in [-0.1, -0.05) is 13.3 Å². The third-order valence-corrected chi connectivity index (χ3v) is 1.51. The summed E-state index contributed by atoms with van der Waals surface area (Å²) in [7, 11) is 0. The van der Waals surface area contributed by atoms with E-state index in [1.54, 1.807) is 6.92 Å². The van der Waals surface area contributed by atoms with Crippen molar-refractivity contribution in [3.8, 4) is 0 Å². The summed E-state index contributed by atoms with van der Waals surface area (Å²) < 4.78 is 5.10. The predicted octanol–water partition coefficient (Wildman–Crippen LogP) is 1.63. The minimum absolute atomic E-state index is 0.309. The van der Waals surface area contributed by atoms with Gasteiger partial charge in [0.2, 0.25) is 0 Å². The first-order chi connectivity index (χ1) is 6.81. The molecule has 86 valence electrons. The topological polar surface area (TPSA) is 57.2 Å². The van der Waals surface area contributed by atoms with E-state index in [1.807, 2.05) is 0 Å².